The largest absolute Gasteiger partial charge is 0.493 e. The van der Waals surface area contributed by atoms with Crippen LogP contribution in [0, 0.1) is 5.92 Å². The number of nitrogens with one attached hydrogen (secondary N) is 1. The van der Waals surface area contributed by atoms with Crippen molar-refractivity contribution in [3.8, 4) is 17.2 Å². The van der Waals surface area contributed by atoms with E-state index in [4.69, 9.17) is 14.2 Å². The van der Waals surface area contributed by atoms with Gasteiger partial charge in [-0.25, -0.2) is 0 Å². The molecule has 8 heteroatoms. The summed E-state index contributed by atoms with van der Waals surface area (Å²) in [5.41, 5.74) is 0.889. The fourth-order valence-corrected chi connectivity index (χ4v) is 2.82. The number of hydrogen-bond donors (Lipinski definition) is 1. The van der Waals surface area contributed by atoms with Crippen molar-refractivity contribution in [3.63, 3.8) is 0 Å². The summed E-state index contributed by atoms with van der Waals surface area (Å²) in [6.07, 6.45) is 4.12. The van der Waals surface area contributed by atoms with Crippen LogP contribution in [0.5, 0.6) is 17.2 Å². The number of amides is 1. The van der Waals surface area contributed by atoms with Crippen molar-refractivity contribution in [2.75, 3.05) is 21.3 Å². The molecule has 2 rings (SSSR count). The molecule has 0 aliphatic rings. The van der Waals surface area contributed by atoms with E-state index >= 15 is 0 Å². The van der Waals surface area contributed by atoms with Crippen molar-refractivity contribution in [1.29, 1.82) is 0 Å². The Morgan fingerprint density at radius 1 is 1.07 bits per heavy atom. The highest BCUT2D eigenvalue weighted by Crippen LogP contribution is 2.40. The number of aromatic nitrogens is 3. The molecule has 0 aliphatic heterocycles. The topological polar surface area (TPSA) is 87.5 Å². The van der Waals surface area contributed by atoms with Gasteiger partial charge in [0, 0.05) is 6.42 Å². The Bertz CT molecular complexity index is 732. The summed E-state index contributed by atoms with van der Waals surface area (Å²) in [6.45, 7) is 4.66. The zero-order chi connectivity index (χ0) is 19.8. The summed E-state index contributed by atoms with van der Waals surface area (Å²) < 4.78 is 16.2. The third kappa shape index (κ3) is 5.35. The number of aryl methyl sites for hydroxylation is 1. The van der Waals surface area contributed by atoms with E-state index in [1.54, 1.807) is 38.5 Å². The summed E-state index contributed by atoms with van der Waals surface area (Å²) in [4.78, 5) is 14.1. The van der Waals surface area contributed by atoms with Crippen LogP contribution < -0.4 is 19.5 Å². The van der Waals surface area contributed by atoms with Gasteiger partial charge >= 0.3 is 0 Å². The van der Waals surface area contributed by atoms with Gasteiger partial charge in [0.05, 0.1) is 46.3 Å². The first-order valence-electron chi connectivity index (χ1n) is 8.91. The Morgan fingerprint density at radius 3 is 2.30 bits per heavy atom. The number of ether oxygens (including phenoxy) is 3. The maximum Gasteiger partial charge on any atom is 0.220 e. The summed E-state index contributed by atoms with van der Waals surface area (Å²) in [7, 11) is 4.71. The van der Waals surface area contributed by atoms with Gasteiger partial charge in [0.25, 0.3) is 0 Å². The number of rotatable bonds is 10. The van der Waals surface area contributed by atoms with E-state index in [1.165, 1.54) is 0 Å². The molecule has 1 heterocycles. The molecule has 1 atom stereocenters. The van der Waals surface area contributed by atoms with Crippen LogP contribution in [0.1, 0.15) is 25.8 Å². The Hall–Kier alpha value is -2.77. The molecule has 0 fully saturated rings. The highest BCUT2D eigenvalue weighted by molar-refractivity contribution is 5.76. The first-order chi connectivity index (χ1) is 13.0. The van der Waals surface area contributed by atoms with Crippen molar-refractivity contribution in [2.24, 2.45) is 5.92 Å². The lowest BCUT2D eigenvalue weighted by atomic mass is 10.0. The first kappa shape index (κ1) is 20.5. The lowest BCUT2D eigenvalue weighted by Gasteiger charge is -2.22. The molecule has 1 amide bonds. The molecule has 1 unspecified atom stereocenters. The van der Waals surface area contributed by atoms with E-state index in [0.29, 0.717) is 36.6 Å². The minimum atomic E-state index is -0.0443. The van der Waals surface area contributed by atoms with E-state index < -0.39 is 0 Å². The molecule has 0 bridgehead atoms. The molecule has 1 N–H and O–H groups in total. The fourth-order valence-electron chi connectivity index (χ4n) is 2.82. The Labute approximate surface area is 159 Å². The molecular formula is C19H28N4O4. The summed E-state index contributed by atoms with van der Waals surface area (Å²) in [5, 5.41) is 11.3. The Kier molecular flexibility index (Phi) is 7.45. The zero-order valence-electron chi connectivity index (χ0n) is 16.6. The van der Waals surface area contributed by atoms with Gasteiger partial charge in [0.1, 0.15) is 0 Å². The average molecular weight is 376 g/mol. The maximum absolute atomic E-state index is 12.5. The molecule has 0 spiro atoms. The van der Waals surface area contributed by atoms with Gasteiger partial charge in [0.15, 0.2) is 11.5 Å². The van der Waals surface area contributed by atoms with E-state index in [1.807, 2.05) is 12.1 Å². The number of nitrogens with zero attached hydrogens (tertiary/aromatic N) is 3. The maximum atomic E-state index is 12.5. The number of benzene rings is 1. The molecule has 2 aromatic rings. The number of hydrogen-bond acceptors (Lipinski definition) is 6. The highest BCUT2D eigenvalue weighted by Gasteiger charge is 2.19. The number of carbonyl (C=O) groups excluding carboxylic acids is 1. The van der Waals surface area contributed by atoms with Gasteiger partial charge in [-0.1, -0.05) is 19.9 Å². The lowest BCUT2D eigenvalue weighted by Crippen LogP contribution is -2.42. The van der Waals surface area contributed by atoms with Crippen molar-refractivity contribution in [1.82, 2.24) is 20.3 Å². The second kappa shape index (κ2) is 9.80. The van der Waals surface area contributed by atoms with Crippen LogP contribution in [0.3, 0.4) is 0 Å². The second-order valence-electron chi connectivity index (χ2n) is 6.50. The van der Waals surface area contributed by atoms with Crippen LogP contribution in [0.2, 0.25) is 0 Å². The van der Waals surface area contributed by atoms with E-state index in [-0.39, 0.29) is 17.9 Å². The van der Waals surface area contributed by atoms with Gasteiger partial charge < -0.3 is 19.5 Å². The number of methoxy groups -OCH3 is 3. The Balaban J connectivity index is 2.01. The van der Waals surface area contributed by atoms with Crippen molar-refractivity contribution < 1.29 is 19.0 Å². The first-order valence-corrected chi connectivity index (χ1v) is 8.91. The molecule has 27 heavy (non-hydrogen) atoms. The average Bonchev–Trinajstić information content (AvgIpc) is 3.17. The zero-order valence-corrected chi connectivity index (χ0v) is 16.6. The molecule has 8 nitrogen and oxygen atoms in total. The minimum Gasteiger partial charge on any atom is -0.493 e. The lowest BCUT2D eigenvalue weighted by molar-refractivity contribution is -0.122. The molecule has 148 valence electrons. The molecule has 1 aromatic heterocycles. The monoisotopic (exact) mass is 376 g/mol. The van der Waals surface area contributed by atoms with Crippen LogP contribution in [-0.2, 0) is 17.8 Å². The molecular weight excluding hydrogens is 348 g/mol. The SMILES string of the molecule is COc1ccc(CCC(=O)NC(Cn2nccn2)C(C)C)c(OC)c1OC. The summed E-state index contributed by atoms with van der Waals surface area (Å²) >= 11 is 0. The van der Waals surface area contributed by atoms with Gasteiger partial charge in [-0.2, -0.15) is 15.0 Å². The van der Waals surface area contributed by atoms with E-state index in [0.717, 1.165) is 5.56 Å². The normalized spacial score (nSPS) is 11.9. The predicted octanol–water partition coefficient (Wildman–Crippen LogP) is 2.08. The van der Waals surface area contributed by atoms with Crippen molar-refractivity contribution in [3.05, 3.63) is 30.1 Å². The standard InChI is InChI=1S/C19H28N4O4/c1-13(2)15(12-23-20-10-11-21-23)22-17(24)9-7-14-6-8-16(25-3)19(27-5)18(14)26-4/h6,8,10-11,13,15H,7,9,12H2,1-5H3,(H,22,24). The fraction of sp³-hybridized carbons (Fsp3) is 0.526. The quantitative estimate of drug-likeness (QED) is 0.683. The van der Waals surface area contributed by atoms with Gasteiger partial charge in [-0.3, -0.25) is 4.79 Å². The molecule has 0 aliphatic carbocycles. The molecule has 1 aromatic carbocycles. The van der Waals surface area contributed by atoms with E-state index in [2.05, 4.69) is 29.4 Å². The Morgan fingerprint density at radius 2 is 1.74 bits per heavy atom. The third-order valence-corrected chi connectivity index (χ3v) is 4.38. The van der Waals surface area contributed by atoms with Crippen molar-refractivity contribution in [2.45, 2.75) is 39.3 Å². The molecule has 0 radical (unpaired) electrons. The van der Waals surface area contributed by atoms with Crippen LogP contribution >= 0.6 is 0 Å². The van der Waals surface area contributed by atoms with Crippen molar-refractivity contribution >= 4 is 5.91 Å². The van der Waals surface area contributed by atoms with Crippen LogP contribution in [0.15, 0.2) is 24.5 Å². The van der Waals surface area contributed by atoms with Crippen LogP contribution in [0.4, 0.5) is 0 Å². The minimum absolute atomic E-state index is 0.0299. The third-order valence-electron chi connectivity index (χ3n) is 4.38. The predicted molar refractivity (Wildman–Crippen MR) is 101 cm³/mol. The van der Waals surface area contributed by atoms with Gasteiger partial charge in [-0.05, 0) is 24.0 Å². The molecule has 0 saturated carbocycles. The summed E-state index contributed by atoms with van der Waals surface area (Å²) in [6, 6.07) is 3.66. The van der Waals surface area contributed by atoms with Gasteiger partial charge in [0.2, 0.25) is 11.7 Å². The van der Waals surface area contributed by atoms with Crippen LogP contribution in [0.25, 0.3) is 0 Å². The number of carbonyl (C=O) groups is 1. The van der Waals surface area contributed by atoms with Gasteiger partial charge in [-0.15, -0.1) is 0 Å². The smallest absolute Gasteiger partial charge is 0.220 e. The summed E-state index contributed by atoms with van der Waals surface area (Å²) in [5.74, 6) is 1.94. The van der Waals surface area contributed by atoms with E-state index in [9.17, 15) is 4.79 Å². The van der Waals surface area contributed by atoms with Crippen LogP contribution in [-0.4, -0.2) is 48.3 Å². The second-order valence-corrected chi connectivity index (χ2v) is 6.50. The molecule has 0 saturated heterocycles. The highest BCUT2D eigenvalue weighted by atomic mass is 16.5.